The average Bonchev–Trinajstić information content (AvgIpc) is 2.72. The van der Waals surface area contributed by atoms with E-state index in [4.69, 9.17) is 4.74 Å². The highest BCUT2D eigenvalue weighted by Crippen LogP contribution is 2.18. The molecule has 2 rings (SSSR count). The van der Waals surface area contributed by atoms with Crippen LogP contribution in [0.3, 0.4) is 0 Å². The Bertz CT molecular complexity index is 808. The molecule has 0 saturated heterocycles. The first-order chi connectivity index (χ1) is 13.9. The number of likely N-dealkylation sites (N-methyl/N-ethyl adjacent to an activating group) is 1. The number of hydrogen-bond acceptors (Lipinski definition) is 4. The third-order valence-corrected chi connectivity index (χ3v) is 5.60. The highest BCUT2D eigenvalue weighted by Gasteiger charge is 2.25. The van der Waals surface area contributed by atoms with Crippen molar-refractivity contribution in [3.8, 4) is 5.75 Å². The van der Waals surface area contributed by atoms with Crippen LogP contribution < -0.4 is 10.1 Å². The first-order valence-electron chi connectivity index (χ1n) is 9.78. The number of thioether (sulfide) groups is 1. The van der Waals surface area contributed by atoms with Crippen molar-refractivity contribution >= 4 is 23.6 Å². The van der Waals surface area contributed by atoms with Gasteiger partial charge < -0.3 is 15.0 Å². The van der Waals surface area contributed by atoms with Crippen LogP contribution in [-0.2, 0) is 21.9 Å². The van der Waals surface area contributed by atoms with E-state index in [0.717, 1.165) is 28.2 Å². The van der Waals surface area contributed by atoms with E-state index in [2.05, 4.69) is 11.4 Å². The largest absolute Gasteiger partial charge is 0.497 e. The quantitative estimate of drug-likeness (QED) is 0.643. The van der Waals surface area contributed by atoms with Crippen LogP contribution in [-0.4, -0.2) is 42.2 Å². The van der Waals surface area contributed by atoms with Crippen molar-refractivity contribution in [2.75, 3.05) is 19.4 Å². The van der Waals surface area contributed by atoms with Gasteiger partial charge in [-0.2, -0.15) is 0 Å². The van der Waals surface area contributed by atoms with Crippen molar-refractivity contribution in [2.45, 2.75) is 39.1 Å². The smallest absolute Gasteiger partial charge is 0.242 e. The lowest BCUT2D eigenvalue weighted by Crippen LogP contribution is -2.48. The van der Waals surface area contributed by atoms with Crippen LogP contribution in [0, 0.1) is 6.92 Å². The molecule has 2 amide bonds. The molecule has 0 aliphatic heterocycles. The number of carbonyl (C=O) groups is 2. The maximum atomic E-state index is 13.0. The molecular weight excluding hydrogens is 384 g/mol. The fraction of sp³-hybridized carbons (Fsp3) is 0.391. The van der Waals surface area contributed by atoms with E-state index in [0.29, 0.717) is 18.8 Å². The number of ether oxygens (including phenoxy) is 1. The standard InChI is InChI=1S/C23H30N2O3S/c1-5-24-23(27)18(3)25(14-20-8-6-7-17(2)13-20)22(26)16-29-15-19-9-11-21(28-4)12-10-19/h6-13,18H,5,14-16H2,1-4H3,(H,24,27). The van der Waals surface area contributed by atoms with Gasteiger partial charge in [-0.1, -0.05) is 42.0 Å². The lowest BCUT2D eigenvalue weighted by molar-refractivity contribution is -0.138. The minimum atomic E-state index is -0.524. The molecule has 0 heterocycles. The first-order valence-corrected chi connectivity index (χ1v) is 10.9. The van der Waals surface area contributed by atoms with Crippen molar-refractivity contribution in [1.82, 2.24) is 10.2 Å². The Morgan fingerprint density at radius 3 is 2.48 bits per heavy atom. The normalized spacial score (nSPS) is 11.6. The second kappa shape index (κ2) is 11.5. The minimum absolute atomic E-state index is 0.0382. The Morgan fingerprint density at radius 2 is 1.86 bits per heavy atom. The molecule has 0 aromatic heterocycles. The highest BCUT2D eigenvalue weighted by atomic mass is 32.2. The SMILES string of the molecule is CCNC(=O)C(C)N(Cc1cccc(C)c1)C(=O)CSCc1ccc(OC)cc1. The van der Waals surface area contributed by atoms with Crippen LogP contribution in [0.25, 0.3) is 0 Å². The Hall–Kier alpha value is -2.47. The third-order valence-electron chi connectivity index (χ3n) is 4.61. The van der Waals surface area contributed by atoms with Gasteiger partial charge in [0.15, 0.2) is 0 Å². The summed E-state index contributed by atoms with van der Waals surface area (Å²) in [6.45, 7) is 6.65. The zero-order valence-electron chi connectivity index (χ0n) is 17.6. The number of aryl methyl sites for hydroxylation is 1. The van der Waals surface area contributed by atoms with Gasteiger partial charge in [0.2, 0.25) is 11.8 Å². The van der Waals surface area contributed by atoms with Gasteiger partial charge in [-0.15, -0.1) is 11.8 Å². The van der Waals surface area contributed by atoms with Crippen LogP contribution in [0.2, 0.25) is 0 Å². The number of benzene rings is 2. The Balaban J connectivity index is 2.03. The second-order valence-electron chi connectivity index (χ2n) is 6.92. The van der Waals surface area contributed by atoms with E-state index in [9.17, 15) is 9.59 Å². The maximum Gasteiger partial charge on any atom is 0.242 e. The monoisotopic (exact) mass is 414 g/mol. The van der Waals surface area contributed by atoms with Gasteiger partial charge in [-0.25, -0.2) is 0 Å². The number of amides is 2. The molecule has 2 aromatic rings. The molecule has 1 unspecified atom stereocenters. The van der Waals surface area contributed by atoms with Gasteiger partial charge in [-0.05, 0) is 44.0 Å². The van der Waals surface area contributed by atoms with Crippen molar-refractivity contribution < 1.29 is 14.3 Å². The molecule has 0 aliphatic rings. The van der Waals surface area contributed by atoms with Crippen LogP contribution in [0.5, 0.6) is 5.75 Å². The number of hydrogen-bond donors (Lipinski definition) is 1. The summed E-state index contributed by atoms with van der Waals surface area (Å²) >= 11 is 1.55. The number of methoxy groups -OCH3 is 1. The first kappa shape index (κ1) is 22.8. The summed E-state index contributed by atoms with van der Waals surface area (Å²) in [7, 11) is 1.64. The van der Waals surface area contributed by atoms with E-state index in [1.807, 2.05) is 56.3 Å². The fourth-order valence-corrected chi connectivity index (χ4v) is 3.84. The molecule has 0 saturated carbocycles. The predicted molar refractivity (Wildman–Crippen MR) is 119 cm³/mol. The van der Waals surface area contributed by atoms with E-state index < -0.39 is 6.04 Å². The highest BCUT2D eigenvalue weighted by molar-refractivity contribution is 7.99. The summed E-state index contributed by atoms with van der Waals surface area (Å²) in [6, 6.07) is 15.3. The molecular formula is C23H30N2O3S. The minimum Gasteiger partial charge on any atom is -0.497 e. The zero-order valence-corrected chi connectivity index (χ0v) is 18.4. The van der Waals surface area contributed by atoms with E-state index in [1.54, 1.807) is 30.7 Å². The lowest BCUT2D eigenvalue weighted by Gasteiger charge is -2.28. The Labute approximate surface area is 177 Å². The number of nitrogens with one attached hydrogen (secondary N) is 1. The molecule has 0 spiro atoms. The van der Waals surface area contributed by atoms with E-state index in [1.165, 1.54) is 0 Å². The molecule has 1 atom stereocenters. The summed E-state index contributed by atoms with van der Waals surface area (Å²) in [5, 5.41) is 2.82. The number of rotatable bonds is 10. The Kier molecular flexibility index (Phi) is 9.06. The van der Waals surface area contributed by atoms with Gasteiger partial charge in [-0.3, -0.25) is 9.59 Å². The van der Waals surface area contributed by atoms with Crippen molar-refractivity contribution in [3.63, 3.8) is 0 Å². The fourth-order valence-electron chi connectivity index (χ4n) is 2.97. The van der Waals surface area contributed by atoms with Gasteiger partial charge >= 0.3 is 0 Å². The van der Waals surface area contributed by atoms with Crippen LogP contribution in [0.1, 0.15) is 30.5 Å². The van der Waals surface area contributed by atoms with Crippen LogP contribution in [0.4, 0.5) is 0 Å². The van der Waals surface area contributed by atoms with Gasteiger partial charge in [0.05, 0.1) is 12.9 Å². The zero-order chi connectivity index (χ0) is 21.2. The summed E-state index contributed by atoms with van der Waals surface area (Å²) in [5.41, 5.74) is 3.29. The van der Waals surface area contributed by atoms with Gasteiger partial charge in [0, 0.05) is 18.8 Å². The molecule has 0 radical (unpaired) electrons. The topological polar surface area (TPSA) is 58.6 Å². The van der Waals surface area contributed by atoms with Crippen molar-refractivity contribution in [2.24, 2.45) is 0 Å². The van der Waals surface area contributed by atoms with Crippen molar-refractivity contribution in [3.05, 3.63) is 65.2 Å². The second-order valence-corrected chi connectivity index (χ2v) is 7.91. The Morgan fingerprint density at radius 1 is 1.14 bits per heavy atom. The number of nitrogens with zero attached hydrogens (tertiary/aromatic N) is 1. The summed E-state index contributed by atoms with van der Waals surface area (Å²) in [5.74, 6) is 1.69. The van der Waals surface area contributed by atoms with Crippen LogP contribution in [0.15, 0.2) is 48.5 Å². The lowest BCUT2D eigenvalue weighted by atomic mass is 10.1. The molecule has 0 fully saturated rings. The molecule has 6 heteroatoms. The molecule has 29 heavy (non-hydrogen) atoms. The molecule has 156 valence electrons. The summed E-state index contributed by atoms with van der Waals surface area (Å²) < 4.78 is 5.17. The van der Waals surface area contributed by atoms with Gasteiger partial charge in [0.1, 0.15) is 11.8 Å². The molecule has 5 nitrogen and oxygen atoms in total. The summed E-state index contributed by atoms with van der Waals surface area (Å²) in [6.07, 6.45) is 0. The average molecular weight is 415 g/mol. The van der Waals surface area contributed by atoms with Gasteiger partial charge in [0.25, 0.3) is 0 Å². The maximum absolute atomic E-state index is 13.0. The van der Waals surface area contributed by atoms with E-state index in [-0.39, 0.29) is 11.8 Å². The van der Waals surface area contributed by atoms with E-state index >= 15 is 0 Å². The van der Waals surface area contributed by atoms with Crippen molar-refractivity contribution in [1.29, 1.82) is 0 Å². The molecule has 0 aliphatic carbocycles. The molecule has 0 bridgehead atoms. The molecule has 1 N–H and O–H groups in total. The predicted octanol–water partition coefficient (Wildman–Crippen LogP) is 3.79. The molecule has 2 aromatic carbocycles. The number of carbonyl (C=O) groups excluding carboxylic acids is 2. The van der Waals surface area contributed by atoms with Crippen LogP contribution >= 0.6 is 11.8 Å². The third kappa shape index (κ3) is 7.13. The summed E-state index contributed by atoms with van der Waals surface area (Å²) in [4.78, 5) is 27.0.